The minimum Gasteiger partial charge on any atom is -0.317 e. The van der Waals surface area contributed by atoms with E-state index in [1.54, 1.807) is 0 Å². The van der Waals surface area contributed by atoms with E-state index >= 15 is 0 Å². The molecule has 1 heterocycles. The Morgan fingerprint density at radius 3 is 2.11 bits per heavy atom. The molecule has 2 rings (SSSR count). The number of nitrogens with zero attached hydrogens (tertiary/aromatic N) is 1. The van der Waals surface area contributed by atoms with Gasteiger partial charge in [-0.2, -0.15) is 0 Å². The molecule has 1 N–H and O–H groups in total. The van der Waals surface area contributed by atoms with E-state index in [-0.39, 0.29) is 12.4 Å². The Balaban J connectivity index is 0.00000180. The van der Waals surface area contributed by atoms with Crippen LogP contribution in [-0.2, 0) is 0 Å². The zero-order chi connectivity index (χ0) is 12.6. The SMILES string of the molecule is CCNCC1CCN(CC2CCCCCC2)CC1.Cl. The van der Waals surface area contributed by atoms with E-state index in [0.717, 1.165) is 18.4 Å². The molecule has 2 aliphatic rings. The van der Waals surface area contributed by atoms with E-state index < -0.39 is 0 Å². The van der Waals surface area contributed by atoms with Crippen molar-refractivity contribution in [1.82, 2.24) is 10.2 Å². The highest BCUT2D eigenvalue weighted by atomic mass is 35.5. The van der Waals surface area contributed by atoms with Crippen molar-refractivity contribution in [1.29, 1.82) is 0 Å². The number of piperidine rings is 1. The van der Waals surface area contributed by atoms with Gasteiger partial charge in [-0.05, 0) is 63.7 Å². The molecule has 3 heteroatoms. The third-order valence-corrected chi connectivity index (χ3v) is 4.88. The monoisotopic (exact) mass is 288 g/mol. The van der Waals surface area contributed by atoms with Crippen LogP contribution in [0.1, 0.15) is 58.3 Å². The summed E-state index contributed by atoms with van der Waals surface area (Å²) in [6.45, 7) is 8.68. The van der Waals surface area contributed by atoms with Gasteiger partial charge in [0, 0.05) is 6.54 Å². The normalized spacial score (nSPS) is 23.8. The molecular weight excluding hydrogens is 256 g/mol. The van der Waals surface area contributed by atoms with Gasteiger partial charge in [0.15, 0.2) is 0 Å². The Morgan fingerprint density at radius 1 is 0.895 bits per heavy atom. The minimum atomic E-state index is 0. The summed E-state index contributed by atoms with van der Waals surface area (Å²) in [5.41, 5.74) is 0. The Bertz CT molecular complexity index is 207. The summed E-state index contributed by atoms with van der Waals surface area (Å²) < 4.78 is 0. The molecule has 0 atom stereocenters. The Hall–Kier alpha value is 0.210. The Kier molecular flexibility index (Phi) is 9.10. The minimum absolute atomic E-state index is 0. The third kappa shape index (κ3) is 6.46. The first-order valence-electron chi connectivity index (χ1n) is 8.31. The Morgan fingerprint density at radius 2 is 1.53 bits per heavy atom. The molecule has 2 fully saturated rings. The molecule has 0 aromatic heterocycles. The predicted octanol–water partition coefficient (Wildman–Crippen LogP) is 3.70. The van der Waals surface area contributed by atoms with Gasteiger partial charge in [-0.3, -0.25) is 0 Å². The van der Waals surface area contributed by atoms with Gasteiger partial charge in [0.2, 0.25) is 0 Å². The number of nitrogens with one attached hydrogen (secondary N) is 1. The highest BCUT2D eigenvalue weighted by molar-refractivity contribution is 5.85. The molecule has 0 radical (unpaired) electrons. The number of hydrogen-bond acceptors (Lipinski definition) is 2. The average molecular weight is 289 g/mol. The fourth-order valence-corrected chi connectivity index (χ4v) is 3.63. The Labute approximate surface area is 126 Å². The van der Waals surface area contributed by atoms with Gasteiger partial charge in [-0.1, -0.05) is 32.6 Å². The molecule has 1 aliphatic heterocycles. The van der Waals surface area contributed by atoms with Crippen molar-refractivity contribution in [2.24, 2.45) is 11.8 Å². The lowest BCUT2D eigenvalue weighted by Gasteiger charge is -2.34. The first-order valence-corrected chi connectivity index (χ1v) is 8.31. The second-order valence-corrected chi connectivity index (χ2v) is 6.41. The van der Waals surface area contributed by atoms with Crippen LogP contribution in [0.25, 0.3) is 0 Å². The van der Waals surface area contributed by atoms with Crippen LogP contribution in [0.5, 0.6) is 0 Å². The van der Waals surface area contributed by atoms with Crippen LogP contribution < -0.4 is 5.32 Å². The number of halogens is 1. The molecule has 0 unspecified atom stereocenters. The van der Waals surface area contributed by atoms with Crippen LogP contribution >= 0.6 is 12.4 Å². The highest BCUT2D eigenvalue weighted by Gasteiger charge is 2.21. The van der Waals surface area contributed by atoms with E-state index in [1.807, 2.05) is 0 Å². The van der Waals surface area contributed by atoms with Gasteiger partial charge in [-0.25, -0.2) is 0 Å². The lowest BCUT2D eigenvalue weighted by molar-refractivity contribution is 0.154. The van der Waals surface area contributed by atoms with E-state index in [9.17, 15) is 0 Å². The fraction of sp³-hybridized carbons (Fsp3) is 1.00. The van der Waals surface area contributed by atoms with Crippen LogP contribution in [0.2, 0.25) is 0 Å². The van der Waals surface area contributed by atoms with Gasteiger partial charge < -0.3 is 10.2 Å². The van der Waals surface area contributed by atoms with E-state index in [0.29, 0.717) is 0 Å². The molecule has 1 saturated carbocycles. The maximum atomic E-state index is 3.50. The molecule has 0 aromatic carbocycles. The summed E-state index contributed by atoms with van der Waals surface area (Å²) >= 11 is 0. The van der Waals surface area contributed by atoms with Crippen molar-refractivity contribution in [3.05, 3.63) is 0 Å². The van der Waals surface area contributed by atoms with E-state index in [4.69, 9.17) is 0 Å². The number of rotatable bonds is 5. The zero-order valence-corrected chi connectivity index (χ0v) is 13.5. The van der Waals surface area contributed by atoms with Gasteiger partial charge in [0.05, 0.1) is 0 Å². The lowest BCUT2D eigenvalue weighted by Crippen LogP contribution is -2.39. The highest BCUT2D eigenvalue weighted by Crippen LogP contribution is 2.25. The first-order chi connectivity index (χ1) is 8.88. The molecule has 19 heavy (non-hydrogen) atoms. The van der Waals surface area contributed by atoms with Crippen molar-refractivity contribution in [3.63, 3.8) is 0 Å². The van der Waals surface area contributed by atoms with E-state index in [2.05, 4.69) is 17.1 Å². The summed E-state index contributed by atoms with van der Waals surface area (Å²) in [5.74, 6) is 1.95. The largest absolute Gasteiger partial charge is 0.317 e. The summed E-state index contributed by atoms with van der Waals surface area (Å²) in [6, 6.07) is 0. The standard InChI is InChI=1S/C16H32N2.ClH/c1-2-17-13-15-9-11-18(12-10-15)14-16-7-5-3-4-6-8-16;/h15-17H,2-14H2,1H3;1H. The number of likely N-dealkylation sites (tertiary alicyclic amines) is 1. The molecular formula is C16H33ClN2. The van der Waals surface area contributed by atoms with Crippen LogP contribution in [-0.4, -0.2) is 37.6 Å². The van der Waals surface area contributed by atoms with Crippen LogP contribution in [0, 0.1) is 11.8 Å². The predicted molar refractivity (Wildman–Crippen MR) is 86.1 cm³/mol. The average Bonchev–Trinajstić information content (AvgIpc) is 2.67. The fourth-order valence-electron chi connectivity index (χ4n) is 3.63. The van der Waals surface area contributed by atoms with Crippen molar-refractivity contribution in [3.8, 4) is 0 Å². The van der Waals surface area contributed by atoms with E-state index in [1.165, 1.54) is 77.5 Å². The number of hydrogen-bond donors (Lipinski definition) is 1. The van der Waals surface area contributed by atoms with Crippen molar-refractivity contribution >= 4 is 12.4 Å². The topological polar surface area (TPSA) is 15.3 Å². The molecule has 0 aromatic rings. The molecule has 0 amide bonds. The molecule has 1 saturated heterocycles. The van der Waals surface area contributed by atoms with Crippen molar-refractivity contribution < 1.29 is 0 Å². The summed E-state index contributed by atoms with van der Waals surface area (Å²) in [4.78, 5) is 2.75. The zero-order valence-electron chi connectivity index (χ0n) is 12.7. The van der Waals surface area contributed by atoms with Crippen LogP contribution in [0.4, 0.5) is 0 Å². The van der Waals surface area contributed by atoms with Crippen LogP contribution in [0.15, 0.2) is 0 Å². The van der Waals surface area contributed by atoms with Crippen LogP contribution in [0.3, 0.4) is 0 Å². The second kappa shape index (κ2) is 10.0. The third-order valence-electron chi connectivity index (χ3n) is 4.88. The maximum Gasteiger partial charge on any atom is 0.000966 e. The summed E-state index contributed by atoms with van der Waals surface area (Å²) in [5, 5.41) is 3.50. The van der Waals surface area contributed by atoms with Gasteiger partial charge >= 0.3 is 0 Å². The quantitative estimate of drug-likeness (QED) is 0.776. The molecule has 1 aliphatic carbocycles. The molecule has 0 spiro atoms. The first kappa shape index (κ1) is 17.3. The van der Waals surface area contributed by atoms with Crippen molar-refractivity contribution in [2.75, 3.05) is 32.7 Å². The molecule has 0 bridgehead atoms. The summed E-state index contributed by atoms with van der Waals surface area (Å²) in [6.07, 6.45) is 11.8. The van der Waals surface area contributed by atoms with Crippen molar-refractivity contribution in [2.45, 2.75) is 58.3 Å². The van der Waals surface area contributed by atoms with Gasteiger partial charge in [-0.15, -0.1) is 12.4 Å². The summed E-state index contributed by atoms with van der Waals surface area (Å²) in [7, 11) is 0. The molecule has 2 nitrogen and oxygen atoms in total. The lowest BCUT2D eigenvalue weighted by atomic mass is 9.94. The van der Waals surface area contributed by atoms with Gasteiger partial charge in [0.1, 0.15) is 0 Å². The van der Waals surface area contributed by atoms with Gasteiger partial charge in [0.25, 0.3) is 0 Å². The smallest absolute Gasteiger partial charge is 0.000966 e. The molecule has 114 valence electrons. The maximum absolute atomic E-state index is 3.50. The second-order valence-electron chi connectivity index (χ2n) is 6.41.